The lowest BCUT2D eigenvalue weighted by atomic mass is 10.2. The summed E-state index contributed by atoms with van der Waals surface area (Å²) in [6.07, 6.45) is 2.52. The molecule has 0 radical (unpaired) electrons. The van der Waals surface area contributed by atoms with E-state index in [-0.39, 0.29) is 11.9 Å². The van der Waals surface area contributed by atoms with Gasteiger partial charge in [-0.3, -0.25) is 9.69 Å². The molecule has 8 heteroatoms. The van der Waals surface area contributed by atoms with Gasteiger partial charge in [0.25, 0.3) is 0 Å². The Kier molecular flexibility index (Phi) is 8.32. The number of pyridine rings is 1. The lowest BCUT2D eigenvalue weighted by molar-refractivity contribution is -0.132. The van der Waals surface area contributed by atoms with Gasteiger partial charge in [-0.05, 0) is 26.3 Å². The lowest BCUT2D eigenvalue weighted by Gasteiger charge is -2.25. The number of nitrogens with one attached hydrogen (secondary N) is 1. The highest BCUT2D eigenvalue weighted by Gasteiger charge is 2.21. The number of methoxy groups -OCH3 is 1. The van der Waals surface area contributed by atoms with Crippen molar-refractivity contribution in [1.29, 1.82) is 0 Å². The van der Waals surface area contributed by atoms with E-state index in [4.69, 9.17) is 4.74 Å². The van der Waals surface area contributed by atoms with Gasteiger partial charge in [0, 0.05) is 57.6 Å². The van der Waals surface area contributed by atoms with Crippen LogP contribution in [0, 0.1) is 0 Å². The summed E-state index contributed by atoms with van der Waals surface area (Å²) in [4.78, 5) is 34.7. The molecule has 1 aliphatic heterocycles. The van der Waals surface area contributed by atoms with E-state index in [1.807, 2.05) is 35.8 Å². The van der Waals surface area contributed by atoms with Crippen molar-refractivity contribution < 1.29 is 14.3 Å². The normalized spacial score (nSPS) is 15.1. The van der Waals surface area contributed by atoms with Crippen LogP contribution in [-0.2, 0) is 11.3 Å². The Morgan fingerprint density at radius 2 is 2.00 bits per heavy atom. The van der Waals surface area contributed by atoms with Crippen molar-refractivity contribution in [3.8, 4) is 5.88 Å². The Bertz CT molecular complexity index is 621. The first-order valence-electron chi connectivity index (χ1n) is 9.59. The molecule has 1 fully saturated rings. The van der Waals surface area contributed by atoms with E-state index >= 15 is 0 Å². The van der Waals surface area contributed by atoms with Crippen molar-refractivity contribution in [2.45, 2.75) is 26.8 Å². The van der Waals surface area contributed by atoms with Gasteiger partial charge >= 0.3 is 6.03 Å². The molecule has 27 heavy (non-hydrogen) atoms. The number of nitrogens with zero attached hydrogens (tertiary/aromatic N) is 4. The van der Waals surface area contributed by atoms with Gasteiger partial charge in [0.2, 0.25) is 11.8 Å². The summed E-state index contributed by atoms with van der Waals surface area (Å²) in [5, 5.41) is 2.94. The summed E-state index contributed by atoms with van der Waals surface area (Å²) in [7, 11) is 1.57. The number of hydrogen-bond donors (Lipinski definition) is 1. The molecular formula is C19H31N5O3. The maximum absolute atomic E-state index is 12.5. The Morgan fingerprint density at radius 1 is 1.22 bits per heavy atom. The highest BCUT2D eigenvalue weighted by Crippen LogP contribution is 2.13. The predicted molar refractivity (Wildman–Crippen MR) is 104 cm³/mol. The van der Waals surface area contributed by atoms with Crippen LogP contribution in [0.1, 0.15) is 25.8 Å². The number of ether oxygens (including phenoxy) is 1. The molecule has 0 bridgehead atoms. The summed E-state index contributed by atoms with van der Waals surface area (Å²) in [6, 6.07) is 3.60. The Hall–Kier alpha value is -2.35. The summed E-state index contributed by atoms with van der Waals surface area (Å²) in [5.41, 5.74) is 0.842. The minimum absolute atomic E-state index is 0.0992. The van der Waals surface area contributed by atoms with Gasteiger partial charge in [-0.25, -0.2) is 9.78 Å². The van der Waals surface area contributed by atoms with Gasteiger partial charge in [0.05, 0.1) is 13.7 Å². The zero-order valence-corrected chi connectivity index (χ0v) is 16.6. The van der Waals surface area contributed by atoms with Crippen LogP contribution < -0.4 is 10.1 Å². The third-order valence-corrected chi connectivity index (χ3v) is 4.82. The first kappa shape index (κ1) is 21.0. The molecule has 0 aliphatic carbocycles. The third-order valence-electron chi connectivity index (χ3n) is 4.82. The molecule has 0 spiro atoms. The van der Waals surface area contributed by atoms with Gasteiger partial charge < -0.3 is 19.9 Å². The maximum Gasteiger partial charge on any atom is 0.317 e. The number of likely N-dealkylation sites (N-methyl/N-ethyl adjacent to an activating group) is 1. The number of amides is 3. The molecule has 1 aromatic rings. The molecule has 2 heterocycles. The molecule has 1 saturated heterocycles. The second kappa shape index (κ2) is 10.7. The van der Waals surface area contributed by atoms with Crippen LogP contribution in [0.3, 0.4) is 0 Å². The van der Waals surface area contributed by atoms with E-state index in [1.165, 1.54) is 0 Å². The second-order valence-corrected chi connectivity index (χ2v) is 6.51. The van der Waals surface area contributed by atoms with Gasteiger partial charge in [-0.1, -0.05) is 6.07 Å². The van der Waals surface area contributed by atoms with Crippen LogP contribution in [0.2, 0.25) is 0 Å². The molecule has 8 nitrogen and oxygen atoms in total. The second-order valence-electron chi connectivity index (χ2n) is 6.51. The van der Waals surface area contributed by atoms with Crippen molar-refractivity contribution >= 4 is 11.9 Å². The molecule has 0 unspecified atom stereocenters. The van der Waals surface area contributed by atoms with Crippen LogP contribution in [0.5, 0.6) is 5.88 Å². The Morgan fingerprint density at radius 3 is 2.70 bits per heavy atom. The number of carbonyl (C=O) groups excluding carboxylic acids is 2. The van der Waals surface area contributed by atoms with Crippen LogP contribution in [0.4, 0.5) is 4.79 Å². The van der Waals surface area contributed by atoms with Gasteiger partial charge in [-0.2, -0.15) is 0 Å². The quantitative estimate of drug-likeness (QED) is 0.772. The molecule has 1 aromatic heterocycles. The minimum atomic E-state index is -0.0992. The highest BCUT2D eigenvalue weighted by atomic mass is 16.5. The molecular weight excluding hydrogens is 346 g/mol. The van der Waals surface area contributed by atoms with Crippen molar-refractivity contribution in [3.63, 3.8) is 0 Å². The molecule has 0 atom stereocenters. The molecule has 1 N–H and O–H groups in total. The molecule has 0 aromatic carbocycles. The summed E-state index contributed by atoms with van der Waals surface area (Å²) in [6.45, 7) is 9.07. The maximum atomic E-state index is 12.5. The van der Waals surface area contributed by atoms with Crippen molar-refractivity contribution in [3.05, 3.63) is 23.9 Å². The lowest BCUT2D eigenvalue weighted by Crippen LogP contribution is -2.43. The highest BCUT2D eigenvalue weighted by molar-refractivity contribution is 5.78. The SMILES string of the molecule is CCN(CC)C(=O)CN1CCCN(C(=O)NCc2cccnc2OC)CC1. The zero-order valence-electron chi connectivity index (χ0n) is 16.6. The monoisotopic (exact) mass is 377 g/mol. The molecule has 150 valence electrons. The molecule has 0 saturated carbocycles. The van der Waals surface area contributed by atoms with E-state index in [0.717, 1.165) is 31.6 Å². The van der Waals surface area contributed by atoms with Crippen LogP contribution in [-0.4, -0.2) is 84.5 Å². The Labute approximate surface area is 161 Å². The fourth-order valence-corrected chi connectivity index (χ4v) is 3.22. The third kappa shape index (κ3) is 6.09. The fourth-order valence-electron chi connectivity index (χ4n) is 3.22. The smallest absolute Gasteiger partial charge is 0.317 e. The molecule has 2 rings (SSSR count). The van der Waals surface area contributed by atoms with E-state index in [1.54, 1.807) is 13.3 Å². The van der Waals surface area contributed by atoms with E-state index < -0.39 is 0 Å². The zero-order chi connectivity index (χ0) is 19.6. The number of urea groups is 1. The number of rotatable bonds is 7. The average Bonchev–Trinajstić information content (AvgIpc) is 2.93. The molecule has 1 aliphatic rings. The summed E-state index contributed by atoms with van der Waals surface area (Å²) < 4.78 is 5.21. The van der Waals surface area contributed by atoms with E-state index in [2.05, 4.69) is 15.2 Å². The number of hydrogen-bond acceptors (Lipinski definition) is 5. The van der Waals surface area contributed by atoms with Crippen LogP contribution in [0.25, 0.3) is 0 Å². The number of carbonyl (C=O) groups is 2. The standard InChI is InChI=1S/C19H31N5O3/c1-4-23(5-2)17(25)15-22-10-7-11-24(13-12-22)19(26)21-14-16-8-6-9-20-18(16)27-3/h6,8-9H,4-5,7,10-15H2,1-3H3,(H,21,26). The van der Waals surface area contributed by atoms with E-state index in [9.17, 15) is 9.59 Å². The minimum Gasteiger partial charge on any atom is -0.481 e. The van der Waals surface area contributed by atoms with E-state index in [0.29, 0.717) is 38.6 Å². The Balaban J connectivity index is 1.82. The van der Waals surface area contributed by atoms with Crippen LogP contribution >= 0.6 is 0 Å². The van der Waals surface area contributed by atoms with Gasteiger partial charge in [0.1, 0.15) is 0 Å². The van der Waals surface area contributed by atoms with Gasteiger partial charge in [0.15, 0.2) is 0 Å². The van der Waals surface area contributed by atoms with Crippen molar-refractivity contribution in [2.24, 2.45) is 0 Å². The largest absolute Gasteiger partial charge is 0.481 e. The topological polar surface area (TPSA) is 78.0 Å². The first-order chi connectivity index (χ1) is 13.1. The predicted octanol–water partition coefficient (Wildman–Crippen LogP) is 1.18. The van der Waals surface area contributed by atoms with Crippen molar-refractivity contribution in [1.82, 2.24) is 25.0 Å². The van der Waals surface area contributed by atoms with Crippen molar-refractivity contribution in [2.75, 3.05) is 52.9 Å². The molecule has 3 amide bonds. The fraction of sp³-hybridized carbons (Fsp3) is 0.632. The summed E-state index contributed by atoms with van der Waals surface area (Å²) >= 11 is 0. The summed E-state index contributed by atoms with van der Waals surface area (Å²) in [5.74, 6) is 0.677. The van der Waals surface area contributed by atoms with Crippen LogP contribution in [0.15, 0.2) is 18.3 Å². The average molecular weight is 377 g/mol. The van der Waals surface area contributed by atoms with Gasteiger partial charge in [-0.15, -0.1) is 0 Å². The number of aromatic nitrogens is 1. The first-order valence-corrected chi connectivity index (χ1v) is 9.59.